The minimum Gasteiger partial charge on any atom is -0.468 e. The van der Waals surface area contributed by atoms with Crippen molar-refractivity contribution in [2.75, 3.05) is 13.7 Å². The molecular weight excluding hydrogens is 256 g/mol. The second kappa shape index (κ2) is 5.63. The molecule has 1 saturated heterocycles. The van der Waals surface area contributed by atoms with Crippen LogP contribution in [0.3, 0.4) is 0 Å². The summed E-state index contributed by atoms with van der Waals surface area (Å²) in [5.74, 6) is -1.55. The van der Waals surface area contributed by atoms with Gasteiger partial charge in [0, 0.05) is 25.1 Å². The lowest BCUT2D eigenvalue weighted by molar-refractivity contribution is -0.146. The van der Waals surface area contributed by atoms with Gasteiger partial charge in [-0.3, -0.25) is 9.69 Å². The monoisotopic (exact) mass is 271 g/mol. The molecule has 1 heterocycles. The molecule has 0 unspecified atom stereocenters. The van der Waals surface area contributed by atoms with E-state index >= 15 is 0 Å². The fourth-order valence-corrected chi connectivity index (χ4v) is 2.32. The molecule has 0 spiro atoms. The number of β-amino-alcohol motifs (C(OH)–C–C–N with tert-alkyl or cyclic N) is 1. The van der Waals surface area contributed by atoms with Crippen LogP contribution in [0.15, 0.2) is 18.2 Å². The van der Waals surface area contributed by atoms with Crippen LogP contribution in [0.2, 0.25) is 0 Å². The van der Waals surface area contributed by atoms with Crippen molar-refractivity contribution < 1.29 is 23.4 Å². The van der Waals surface area contributed by atoms with E-state index in [0.717, 1.165) is 18.2 Å². The van der Waals surface area contributed by atoms with Crippen LogP contribution in [0.4, 0.5) is 8.78 Å². The first kappa shape index (κ1) is 13.9. The lowest BCUT2D eigenvalue weighted by Crippen LogP contribution is -2.36. The number of likely N-dealkylation sites (tertiary alicyclic amines) is 1. The molecule has 4 nitrogen and oxygen atoms in total. The molecule has 19 heavy (non-hydrogen) atoms. The standard InChI is InChI=1S/C13H15F2NO3/c1-19-13(18)12-5-10(17)7-16(12)6-8-4-9(14)2-3-11(8)15/h2-4,10,12,17H,5-7H2,1H3/t10-,12-/m0/s1. The Labute approximate surface area is 109 Å². The molecule has 0 bridgehead atoms. The Morgan fingerprint density at radius 2 is 2.26 bits per heavy atom. The van der Waals surface area contributed by atoms with Gasteiger partial charge in [0.25, 0.3) is 0 Å². The van der Waals surface area contributed by atoms with Crippen molar-refractivity contribution in [2.24, 2.45) is 0 Å². The normalized spacial score (nSPS) is 23.6. The van der Waals surface area contributed by atoms with E-state index < -0.39 is 29.7 Å². The molecule has 0 amide bonds. The number of rotatable bonds is 3. The molecule has 2 rings (SSSR count). The summed E-state index contributed by atoms with van der Waals surface area (Å²) in [6, 6.07) is 2.55. The second-order valence-electron chi connectivity index (χ2n) is 4.59. The number of ether oxygens (including phenoxy) is 1. The Bertz CT molecular complexity index is 481. The Hall–Kier alpha value is -1.53. The zero-order chi connectivity index (χ0) is 14.0. The molecule has 0 aliphatic carbocycles. The van der Waals surface area contributed by atoms with Crippen LogP contribution in [0.25, 0.3) is 0 Å². The maximum Gasteiger partial charge on any atom is 0.323 e. The predicted octanol–water partition coefficient (Wildman–Crippen LogP) is 1.07. The van der Waals surface area contributed by atoms with Gasteiger partial charge in [-0.2, -0.15) is 0 Å². The SMILES string of the molecule is COC(=O)[C@@H]1C[C@H](O)CN1Cc1cc(F)ccc1F. The van der Waals surface area contributed by atoms with Gasteiger partial charge in [-0.15, -0.1) is 0 Å². The summed E-state index contributed by atoms with van der Waals surface area (Å²) >= 11 is 0. The molecule has 6 heteroatoms. The number of hydrogen-bond donors (Lipinski definition) is 1. The highest BCUT2D eigenvalue weighted by molar-refractivity contribution is 5.76. The molecule has 1 aromatic carbocycles. The van der Waals surface area contributed by atoms with Crippen molar-refractivity contribution in [3.63, 3.8) is 0 Å². The largest absolute Gasteiger partial charge is 0.468 e. The van der Waals surface area contributed by atoms with E-state index in [-0.39, 0.29) is 25.1 Å². The smallest absolute Gasteiger partial charge is 0.323 e. The summed E-state index contributed by atoms with van der Waals surface area (Å²) in [4.78, 5) is 13.2. The van der Waals surface area contributed by atoms with E-state index in [4.69, 9.17) is 0 Å². The van der Waals surface area contributed by atoms with Gasteiger partial charge in [-0.25, -0.2) is 8.78 Å². The summed E-state index contributed by atoms with van der Waals surface area (Å²) in [6.45, 7) is 0.288. The summed E-state index contributed by atoms with van der Waals surface area (Å²) in [5.41, 5.74) is 0.156. The molecule has 1 aromatic rings. The number of carbonyl (C=O) groups is 1. The number of carbonyl (C=O) groups excluding carboxylic acids is 1. The Morgan fingerprint density at radius 1 is 1.53 bits per heavy atom. The summed E-state index contributed by atoms with van der Waals surface area (Å²) < 4.78 is 31.3. The first-order chi connectivity index (χ1) is 9.01. The fourth-order valence-electron chi connectivity index (χ4n) is 2.32. The minimum absolute atomic E-state index is 0.0560. The average Bonchev–Trinajstić information content (AvgIpc) is 2.74. The highest BCUT2D eigenvalue weighted by Gasteiger charge is 2.36. The van der Waals surface area contributed by atoms with Crippen molar-refractivity contribution in [3.05, 3.63) is 35.4 Å². The van der Waals surface area contributed by atoms with E-state index in [1.54, 1.807) is 4.90 Å². The zero-order valence-corrected chi connectivity index (χ0v) is 10.5. The maximum absolute atomic E-state index is 13.6. The van der Waals surface area contributed by atoms with Crippen molar-refractivity contribution in [1.29, 1.82) is 0 Å². The molecule has 0 radical (unpaired) electrons. The molecule has 0 aromatic heterocycles. The number of halogens is 2. The van der Waals surface area contributed by atoms with Gasteiger partial charge in [0.1, 0.15) is 17.7 Å². The summed E-state index contributed by atoms with van der Waals surface area (Å²) in [7, 11) is 1.26. The molecule has 104 valence electrons. The molecule has 1 fully saturated rings. The molecule has 2 atom stereocenters. The quantitative estimate of drug-likeness (QED) is 0.836. The summed E-state index contributed by atoms with van der Waals surface area (Å²) in [5, 5.41) is 9.60. The van der Waals surface area contributed by atoms with Gasteiger partial charge in [-0.05, 0) is 18.2 Å². The zero-order valence-electron chi connectivity index (χ0n) is 10.5. The summed E-state index contributed by atoms with van der Waals surface area (Å²) in [6.07, 6.45) is -0.426. The van der Waals surface area contributed by atoms with Crippen LogP contribution in [-0.4, -0.2) is 41.8 Å². The lowest BCUT2D eigenvalue weighted by atomic mass is 10.1. The maximum atomic E-state index is 13.6. The van der Waals surface area contributed by atoms with Crippen molar-refractivity contribution in [1.82, 2.24) is 4.90 Å². The predicted molar refractivity (Wildman–Crippen MR) is 63.2 cm³/mol. The highest BCUT2D eigenvalue weighted by Crippen LogP contribution is 2.23. The number of aliphatic hydroxyl groups excluding tert-OH is 1. The van der Waals surface area contributed by atoms with Gasteiger partial charge in [0.15, 0.2) is 0 Å². The van der Waals surface area contributed by atoms with Gasteiger partial charge in [0.2, 0.25) is 0 Å². The van der Waals surface area contributed by atoms with Crippen LogP contribution >= 0.6 is 0 Å². The van der Waals surface area contributed by atoms with Crippen LogP contribution in [-0.2, 0) is 16.1 Å². The van der Waals surface area contributed by atoms with Crippen molar-refractivity contribution in [3.8, 4) is 0 Å². The molecular formula is C13H15F2NO3. The number of nitrogens with zero attached hydrogens (tertiary/aromatic N) is 1. The number of esters is 1. The third kappa shape index (κ3) is 3.08. The van der Waals surface area contributed by atoms with Crippen molar-refractivity contribution >= 4 is 5.97 Å². The third-order valence-corrected chi connectivity index (χ3v) is 3.24. The Balaban J connectivity index is 2.16. The van der Waals surface area contributed by atoms with Crippen LogP contribution in [0.1, 0.15) is 12.0 Å². The minimum atomic E-state index is -0.666. The van der Waals surface area contributed by atoms with Crippen LogP contribution in [0.5, 0.6) is 0 Å². The molecule has 1 aliphatic heterocycles. The Kier molecular flexibility index (Phi) is 4.11. The van der Waals surface area contributed by atoms with Crippen LogP contribution < -0.4 is 0 Å². The number of methoxy groups -OCH3 is 1. The fraction of sp³-hybridized carbons (Fsp3) is 0.462. The number of benzene rings is 1. The second-order valence-corrected chi connectivity index (χ2v) is 4.59. The van der Waals surface area contributed by atoms with Gasteiger partial charge in [0.05, 0.1) is 13.2 Å². The van der Waals surface area contributed by atoms with Crippen molar-refractivity contribution in [2.45, 2.75) is 25.1 Å². The lowest BCUT2D eigenvalue weighted by Gasteiger charge is -2.22. The molecule has 1 N–H and O–H groups in total. The average molecular weight is 271 g/mol. The first-order valence-corrected chi connectivity index (χ1v) is 5.95. The van der Waals surface area contributed by atoms with Crippen LogP contribution in [0, 0.1) is 11.6 Å². The van der Waals surface area contributed by atoms with E-state index in [1.165, 1.54) is 7.11 Å². The van der Waals surface area contributed by atoms with Gasteiger partial charge >= 0.3 is 5.97 Å². The first-order valence-electron chi connectivity index (χ1n) is 5.95. The molecule has 0 saturated carbocycles. The third-order valence-electron chi connectivity index (χ3n) is 3.24. The molecule has 1 aliphatic rings. The van der Waals surface area contributed by atoms with E-state index in [1.807, 2.05) is 0 Å². The van der Waals surface area contributed by atoms with E-state index in [0.29, 0.717) is 0 Å². The van der Waals surface area contributed by atoms with Gasteiger partial charge < -0.3 is 9.84 Å². The van der Waals surface area contributed by atoms with E-state index in [9.17, 15) is 18.7 Å². The number of hydrogen-bond acceptors (Lipinski definition) is 4. The number of aliphatic hydroxyl groups is 1. The topological polar surface area (TPSA) is 49.8 Å². The van der Waals surface area contributed by atoms with E-state index in [2.05, 4.69) is 4.74 Å². The van der Waals surface area contributed by atoms with Gasteiger partial charge in [-0.1, -0.05) is 0 Å². The Morgan fingerprint density at radius 3 is 2.95 bits per heavy atom. The highest BCUT2D eigenvalue weighted by atomic mass is 19.1.